The minimum Gasteiger partial charge on any atom is -0.369 e. The molecule has 7 heteroatoms. The number of hydrogen-bond acceptors (Lipinski definition) is 5. The summed E-state index contributed by atoms with van der Waals surface area (Å²) in [7, 11) is 2.15. The maximum atomic E-state index is 13.1. The molecular formula is C29H30ClN5O. The molecule has 6 nitrogen and oxygen atoms in total. The third-order valence-corrected chi connectivity index (χ3v) is 7.63. The summed E-state index contributed by atoms with van der Waals surface area (Å²) in [5, 5.41) is 13.6. The van der Waals surface area contributed by atoms with Gasteiger partial charge in [-0.1, -0.05) is 23.7 Å². The van der Waals surface area contributed by atoms with Crippen molar-refractivity contribution >= 4 is 23.2 Å². The Morgan fingerprint density at radius 3 is 2.61 bits per heavy atom. The average molecular weight is 500 g/mol. The van der Waals surface area contributed by atoms with Gasteiger partial charge in [-0.3, -0.25) is 9.78 Å². The molecule has 1 amide bonds. The number of benzene rings is 2. The van der Waals surface area contributed by atoms with Crippen LogP contribution in [-0.4, -0.2) is 55.1 Å². The Balaban J connectivity index is 1.32. The maximum absolute atomic E-state index is 13.1. The molecule has 2 heterocycles. The summed E-state index contributed by atoms with van der Waals surface area (Å²) < 4.78 is 0. The lowest BCUT2D eigenvalue weighted by Gasteiger charge is -2.37. The molecule has 1 aromatic heterocycles. The second-order valence-corrected chi connectivity index (χ2v) is 10.2. The lowest BCUT2D eigenvalue weighted by atomic mass is 9.84. The number of amides is 1. The number of piperazine rings is 1. The Labute approximate surface area is 217 Å². The number of pyridine rings is 1. The van der Waals surface area contributed by atoms with Gasteiger partial charge in [-0.05, 0) is 85.8 Å². The van der Waals surface area contributed by atoms with E-state index in [0.29, 0.717) is 10.7 Å². The summed E-state index contributed by atoms with van der Waals surface area (Å²) in [5.41, 5.74) is 7.77. The molecule has 0 bridgehead atoms. The quantitative estimate of drug-likeness (QED) is 0.567. The Bertz CT molecular complexity index is 1320. The second kappa shape index (κ2) is 10.3. The van der Waals surface area contributed by atoms with Crippen LogP contribution in [0.1, 0.15) is 39.2 Å². The van der Waals surface area contributed by atoms with Crippen molar-refractivity contribution in [3.8, 4) is 17.2 Å². The fourth-order valence-corrected chi connectivity index (χ4v) is 5.56. The number of aryl methyl sites for hydroxylation is 1. The van der Waals surface area contributed by atoms with Crippen LogP contribution in [0.2, 0.25) is 5.02 Å². The minimum absolute atomic E-state index is 0.00476. The van der Waals surface area contributed by atoms with E-state index >= 15 is 0 Å². The number of rotatable bonds is 4. The predicted octanol–water partition coefficient (Wildman–Crippen LogP) is 4.62. The van der Waals surface area contributed by atoms with Gasteiger partial charge in [-0.2, -0.15) is 5.26 Å². The van der Waals surface area contributed by atoms with Crippen LogP contribution in [0.4, 0.5) is 5.69 Å². The summed E-state index contributed by atoms with van der Waals surface area (Å²) >= 11 is 6.08. The van der Waals surface area contributed by atoms with Crippen LogP contribution in [-0.2, 0) is 12.8 Å². The van der Waals surface area contributed by atoms with Crippen LogP contribution in [0.5, 0.6) is 0 Å². The van der Waals surface area contributed by atoms with Gasteiger partial charge in [-0.25, -0.2) is 0 Å². The zero-order chi connectivity index (χ0) is 25.2. The van der Waals surface area contributed by atoms with Gasteiger partial charge in [0, 0.05) is 54.7 Å². The van der Waals surface area contributed by atoms with Crippen molar-refractivity contribution in [2.75, 3.05) is 38.1 Å². The number of anilines is 1. The summed E-state index contributed by atoms with van der Waals surface area (Å²) in [6.07, 6.45) is 4.06. The number of carbonyl (C=O) groups is 1. The zero-order valence-electron chi connectivity index (χ0n) is 20.7. The van der Waals surface area contributed by atoms with Crippen LogP contribution < -0.4 is 10.2 Å². The van der Waals surface area contributed by atoms with Crippen molar-refractivity contribution < 1.29 is 4.79 Å². The molecule has 0 radical (unpaired) electrons. The Morgan fingerprint density at radius 1 is 1.11 bits per heavy atom. The van der Waals surface area contributed by atoms with Crippen molar-refractivity contribution in [3.63, 3.8) is 0 Å². The molecule has 0 saturated carbocycles. The largest absolute Gasteiger partial charge is 0.369 e. The molecule has 1 atom stereocenters. The van der Waals surface area contributed by atoms with Gasteiger partial charge in [0.2, 0.25) is 0 Å². The van der Waals surface area contributed by atoms with Crippen molar-refractivity contribution in [3.05, 3.63) is 81.6 Å². The fraction of sp³-hybridized carbons (Fsp3) is 0.345. The average Bonchev–Trinajstić information content (AvgIpc) is 2.89. The monoisotopic (exact) mass is 499 g/mol. The van der Waals surface area contributed by atoms with E-state index < -0.39 is 0 Å². The summed E-state index contributed by atoms with van der Waals surface area (Å²) in [6.45, 7) is 5.99. The maximum Gasteiger partial charge on any atom is 0.270 e. The van der Waals surface area contributed by atoms with Crippen molar-refractivity contribution in [2.45, 2.75) is 32.2 Å². The van der Waals surface area contributed by atoms with E-state index in [2.05, 4.69) is 39.3 Å². The number of nitriles is 1. The van der Waals surface area contributed by atoms with Crippen LogP contribution in [0.25, 0.3) is 11.1 Å². The highest BCUT2D eigenvalue weighted by molar-refractivity contribution is 6.30. The highest BCUT2D eigenvalue weighted by atomic mass is 35.5. The number of halogens is 1. The van der Waals surface area contributed by atoms with Gasteiger partial charge in [-0.15, -0.1) is 0 Å². The molecule has 0 spiro atoms. The first kappa shape index (κ1) is 24.3. The molecule has 184 valence electrons. The van der Waals surface area contributed by atoms with Crippen molar-refractivity contribution in [1.29, 1.82) is 5.26 Å². The first-order valence-electron chi connectivity index (χ1n) is 12.4. The molecule has 1 N–H and O–H groups in total. The molecule has 0 unspecified atom stereocenters. The first-order chi connectivity index (χ1) is 17.4. The van der Waals surface area contributed by atoms with Crippen LogP contribution in [0.15, 0.2) is 48.7 Å². The third kappa shape index (κ3) is 4.95. The summed E-state index contributed by atoms with van der Waals surface area (Å²) in [6, 6.07) is 15.9. The van der Waals surface area contributed by atoms with Crippen LogP contribution in [0, 0.1) is 18.3 Å². The first-order valence-corrected chi connectivity index (χ1v) is 12.8. The highest BCUT2D eigenvalue weighted by Crippen LogP contribution is 2.34. The molecule has 1 fully saturated rings. The van der Waals surface area contributed by atoms with E-state index in [4.69, 9.17) is 11.6 Å². The van der Waals surface area contributed by atoms with Gasteiger partial charge < -0.3 is 15.1 Å². The number of fused-ring (bicyclic) bond motifs is 1. The molecule has 1 aliphatic heterocycles. The van der Waals surface area contributed by atoms with Gasteiger partial charge in [0.1, 0.15) is 5.69 Å². The highest BCUT2D eigenvalue weighted by Gasteiger charge is 2.28. The van der Waals surface area contributed by atoms with Gasteiger partial charge in [0.15, 0.2) is 0 Å². The summed E-state index contributed by atoms with van der Waals surface area (Å²) in [4.78, 5) is 22.3. The van der Waals surface area contributed by atoms with Gasteiger partial charge in [0.25, 0.3) is 5.91 Å². The Hall–Kier alpha value is -3.40. The molecule has 3 aromatic rings. The number of nitrogens with zero attached hydrogens (tertiary/aromatic N) is 4. The van der Waals surface area contributed by atoms with E-state index in [-0.39, 0.29) is 11.9 Å². The summed E-state index contributed by atoms with van der Waals surface area (Å²) in [5.74, 6) is -0.166. The normalized spacial score (nSPS) is 17.8. The standard InChI is InChI=1S/C29H30ClN5O/c1-19-15-22(30)5-7-24(19)21-3-9-27(32-18-21)29(36)33-23-6-8-25-20(17-31)4-10-28(26(25)16-23)35-13-11-34(2)12-14-35/h3-5,7,9-10,15,18,23H,6,8,11-14,16H2,1-2H3,(H,33,36)/t23-/m0/s1. The molecule has 1 saturated heterocycles. The van der Waals surface area contributed by atoms with Crippen molar-refractivity contribution in [1.82, 2.24) is 15.2 Å². The molecule has 1 aliphatic carbocycles. The third-order valence-electron chi connectivity index (χ3n) is 7.39. The number of nitrogens with one attached hydrogen (secondary N) is 1. The van der Waals surface area contributed by atoms with E-state index in [1.54, 1.807) is 12.3 Å². The number of likely N-dealkylation sites (N-methyl/N-ethyl adjacent to an activating group) is 1. The number of carbonyl (C=O) groups excluding carboxylic acids is 1. The lowest BCUT2D eigenvalue weighted by molar-refractivity contribution is 0.0928. The second-order valence-electron chi connectivity index (χ2n) is 9.80. The minimum atomic E-state index is -0.166. The van der Waals surface area contributed by atoms with E-state index in [1.165, 1.54) is 11.3 Å². The van der Waals surface area contributed by atoms with Crippen LogP contribution >= 0.6 is 11.6 Å². The van der Waals surface area contributed by atoms with E-state index in [9.17, 15) is 10.1 Å². The molecule has 2 aromatic carbocycles. The smallest absolute Gasteiger partial charge is 0.270 e. The Morgan fingerprint density at radius 2 is 1.92 bits per heavy atom. The van der Waals surface area contributed by atoms with Gasteiger partial charge in [0.05, 0.1) is 11.6 Å². The number of aromatic nitrogens is 1. The van der Waals surface area contributed by atoms with E-state index in [1.807, 2.05) is 37.3 Å². The Kier molecular flexibility index (Phi) is 6.95. The fourth-order valence-electron chi connectivity index (χ4n) is 5.33. The molecular weight excluding hydrogens is 470 g/mol. The van der Waals surface area contributed by atoms with E-state index in [0.717, 1.165) is 73.3 Å². The lowest BCUT2D eigenvalue weighted by Crippen LogP contribution is -2.45. The van der Waals surface area contributed by atoms with Crippen LogP contribution in [0.3, 0.4) is 0 Å². The SMILES string of the molecule is Cc1cc(Cl)ccc1-c1ccc(C(=O)N[C@H]2CCc3c(C#N)ccc(N4CCN(C)CC4)c3C2)nc1. The molecule has 5 rings (SSSR count). The zero-order valence-corrected chi connectivity index (χ0v) is 21.5. The van der Waals surface area contributed by atoms with Gasteiger partial charge >= 0.3 is 0 Å². The van der Waals surface area contributed by atoms with Crippen molar-refractivity contribution in [2.24, 2.45) is 0 Å². The topological polar surface area (TPSA) is 72.3 Å². The predicted molar refractivity (Wildman–Crippen MR) is 144 cm³/mol. The number of hydrogen-bond donors (Lipinski definition) is 1. The molecule has 2 aliphatic rings. The molecule has 36 heavy (non-hydrogen) atoms.